The molecule has 0 aliphatic rings. The number of benzene rings is 2. The van der Waals surface area contributed by atoms with Gasteiger partial charge in [-0.3, -0.25) is 10.1 Å². The van der Waals surface area contributed by atoms with Crippen molar-refractivity contribution in [2.75, 3.05) is 11.9 Å². The zero-order valence-electron chi connectivity index (χ0n) is 14.6. The minimum atomic E-state index is -1.46. The predicted molar refractivity (Wildman–Crippen MR) is 99.3 cm³/mol. The summed E-state index contributed by atoms with van der Waals surface area (Å²) >= 11 is 0. The van der Waals surface area contributed by atoms with Gasteiger partial charge in [-0.2, -0.15) is 0 Å². The maximum absolute atomic E-state index is 13.7. The molecule has 1 aromatic heterocycles. The molecule has 0 saturated heterocycles. The number of anilines is 1. The van der Waals surface area contributed by atoms with Crippen LogP contribution in [0.1, 0.15) is 6.92 Å². The number of aromatic hydroxyl groups is 1. The number of fused-ring (bicyclic) bond motifs is 1. The van der Waals surface area contributed by atoms with Crippen LogP contribution in [0.25, 0.3) is 22.2 Å². The first-order chi connectivity index (χ1) is 13.3. The van der Waals surface area contributed by atoms with Crippen molar-refractivity contribution >= 4 is 28.8 Å². The number of rotatable bonds is 3. The zero-order valence-corrected chi connectivity index (χ0v) is 14.6. The van der Waals surface area contributed by atoms with Crippen molar-refractivity contribution in [3.8, 4) is 17.0 Å². The molecule has 0 radical (unpaired) electrons. The minimum absolute atomic E-state index is 0.0172. The molecule has 0 saturated carbocycles. The second-order valence-electron chi connectivity index (χ2n) is 5.75. The summed E-state index contributed by atoms with van der Waals surface area (Å²) < 4.78 is 19.3. The Morgan fingerprint density at radius 1 is 1.18 bits per heavy atom. The SMILES string of the molecule is CCOC(=O)Nc1cc(O)ccc1-c1cc(=O)c2ccc(F)cc2n1C(=O)O. The summed E-state index contributed by atoms with van der Waals surface area (Å²) in [6.07, 6.45) is -2.29. The third kappa shape index (κ3) is 3.50. The molecule has 9 heteroatoms. The highest BCUT2D eigenvalue weighted by molar-refractivity contribution is 5.96. The Bertz CT molecular complexity index is 1160. The molecule has 144 valence electrons. The first-order valence-electron chi connectivity index (χ1n) is 8.17. The number of carboxylic acid groups (broad SMARTS) is 1. The van der Waals surface area contributed by atoms with Crippen LogP contribution < -0.4 is 10.7 Å². The number of hydrogen-bond acceptors (Lipinski definition) is 5. The van der Waals surface area contributed by atoms with E-state index in [1.54, 1.807) is 6.92 Å². The van der Waals surface area contributed by atoms with Gasteiger partial charge >= 0.3 is 12.2 Å². The van der Waals surface area contributed by atoms with Crippen LogP contribution >= 0.6 is 0 Å². The van der Waals surface area contributed by atoms with Gasteiger partial charge in [-0.15, -0.1) is 0 Å². The number of pyridine rings is 1. The molecule has 0 aliphatic carbocycles. The van der Waals surface area contributed by atoms with Crippen LogP contribution in [-0.2, 0) is 4.74 Å². The number of amides is 1. The van der Waals surface area contributed by atoms with E-state index in [1.165, 1.54) is 24.3 Å². The predicted octanol–water partition coefficient (Wildman–Crippen LogP) is 3.61. The molecule has 1 heterocycles. The lowest BCUT2D eigenvalue weighted by Gasteiger charge is -2.16. The fraction of sp³-hybridized carbons (Fsp3) is 0.105. The Labute approximate surface area is 157 Å². The maximum atomic E-state index is 13.7. The number of nitrogens with one attached hydrogen (secondary N) is 1. The molecular weight excluding hydrogens is 371 g/mol. The van der Waals surface area contributed by atoms with Crippen LogP contribution in [-0.4, -0.2) is 33.6 Å². The third-order valence-corrected chi connectivity index (χ3v) is 3.96. The van der Waals surface area contributed by atoms with Gasteiger partial charge in [0.1, 0.15) is 11.6 Å². The van der Waals surface area contributed by atoms with E-state index in [0.29, 0.717) is 0 Å². The number of carbonyl (C=O) groups is 2. The lowest BCUT2D eigenvalue weighted by atomic mass is 10.1. The van der Waals surface area contributed by atoms with Gasteiger partial charge in [0.2, 0.25) is 0 Å². The number of ether oxygens (including phenoxy) is 1. The molecule has 0 unspecified atom stereocenters. The quantitative estimate of drug-likeness (QED) is 0.633. The second kappa shape index (κ2) is 7.39. The largest absolute Gasteiger partial charge is 0.508 e. The van der Waals surface area contributed by atoms with Gasteiger partial charge in [-0.25, -0.2) is 18.5 Å². The van der Waals surface area contributed by atoms with E-state index >= 15 is 0 Å². The lowest BCUT2D eigenvalue weighted by molar-refractivity contribution is 0.168. The Hall–Kier alpha value is -3.88. The number of carbonyl (C=O) groups excluding carboxylic acids is 1. The summed E-state index contributed by atoms with van der Waals surface area (Å²) in [7, 11) is 0. The first-order valence-corrected chi connectivity index (χ1v) is 8.17. The van der Waals surface area contributed by atoms with Gasteiger partial charge in [0, 0.05) is 23.1 Å². The Kier molecular flexibility index (Phi) is 4.99. The Morgan fingerprint density at radius 3 is 2.61 bits per heavy atom. The highest BCUT2D eigenvalue weighted by Crippen LogP contribution is 2.32. The molecule has 0 bridgehead atoms. The summed E-state index contributed by atoms with van der Waals surface area (Å²) in [5, 5.41) is 21.8. The van der Waals surface area contributed by atoms with E-state index in [9.17, 15) is 29.0 Å². The lowest BCUT2D eigenvalue weighted by Crippen LogP contribution is -2.19. The van der Waals surface area contributed by atoms with Crippen molar-refractivity contribution in [1.29, 1.82) is 0 Å². The second-order valence-corrected chi connectivity index (χ2v) is 5.75. The summed E-state index contributed by atoms with van der Waals surface area (Å²) in [5.74, 6) is -0.916. The molecule has 1 amide bonds. The summed E-state index contributed by atoms with van der Waals surface area (Å²) in [5.41, 5.74) is -0.648. The van der Waals surface area contributed by atoms with Gasteiger partial charge in [0.25, 0.3) is 0 Å². The van der Waals surface area contributed by atoms with Crippen LogP contribution in [0.3, 0.4) is 0 Å². The summed E-state index contributed by atoms with van der Waals surface area (Å²) in [6.45, 7) is 1.69. The molecule has 28 heavy (non-hydrogen) atoms. The summed E-state index contributed by atoms with van der Waals surface area (Å²) in [6, 6.07) is 8.03. The molecule has 3 aromatic rings. The van der Waals surface area contributed by atoms with Crippen LogP contribution in [0.5, 0.6) is 5.75 Å². The van der Waals surface area contributed by atoms with Crippen molar-refractivity contribution in [1.82, 2.24) is 4.57 Å². The number of aromatic nitrogens is 1. The van der Waals surface area contributed by atoms with Crippen LogP contribution in [0.15, 0.2) is 47.3 Å². The average molecular weight is 386 g/mol. The zero-order chi connectivity index (χ0) is 20.4. The highest BCUT2D eigenvalue weighted by Gasteiger charge is 2.20. The minimum Gasteiger partial charge on any atom is -0.508 e. The van der Waals surface area contributed by atoms with E-state index in [4.69, 9.17) is 4.74 Å². The molecule has 0 aliphatic heterocycles. The Morgan fingerprint density at radius 2 is 1.93 bits per heavy atom. The number of halogens is 1. The average Bonchev–Trinajstić information content (AvgIpc) is 2.61. The maximum Gasteiger partial charge on any atom is 0.416 e. The van der Waals surface area contributed by atoms with E-state index in [0.717, 1.165) is 22.8 Å². The standard InChI is InChI=1S/C19H15FN2O6/c1-2-28-18(25)21-14-8-11(23)4-6-12(14)16-9-17(24)13-5-3-10(20)7-15(13)22(16)19(26)27/h3-9,23H,2H2,1H3,(H,21,25)(H,26,27). The van der Waals surface area contributed by atoms with Crippen LogP contribution in [0.4, 0.5) is 19.7 Å². The van der Waals surface area contributed by atoms with Crippen molar-refractivity contribution in [3.05, 3.63) is 58.5 Å². The first kappa shape index (κ1) is 18.9. The van der Waals surface area contributed by atoms with E-state index in [1.807, 2.05) is 0 Å². The fourth-order valence-electron chi connectivity index (χ4n) is 2.83. The van der Waals surface area contributed by atoms with Gasteiger partial charge in [-0.05, 0) is 37.3 Å². The van der Waals surface area contributed by atoms with Gasteiger partial charge in [0.05, 0.1) is 23.5 Å². The molecule has 0 fully saturated rings. The van der Waals surface area contributed by atoms with E-state index in [2.05, 4.69) is 5.32 Å². The molecular formula is C19H15FN2O6. The number of phenols is 1. The molecule has 0 atom stereocenters. The molecule has 0 spiro atoms. The number of phenolic OH excluding ortho intramolecular Hbond substituents is 1. The molecule has 2 aromatic carbocycles. The van der Waals surface area contributed by atoms with Gasteiger partial charge in [0.15, 0.2) is 5.43 Å². The summed E-state index contributed by atoms with van der Waals surface area (Å²) in [4.78, 5) is 36.2. The topological polar surface area (TPSA) is 118 Å². The molecule has 3 rings (SSSR count). The highest BCUT2D eigenvalue weighted by atomic mass is 19.1. The normalized spacial score (nSPS) is 10.6. The smallest absolute Gasteiger partial charge is 0.416 e. The van der Waals surface area contributed by atoms with E-state index < -0.39 is 23.4 Å². The van der Waals surface area contributed by atoms with E-state index in [-0.39, 0.29) is 40.2 Å². The van der Waals surface area contributed by atoms with Gasteiger partial charge < -0.3 is 14.9 Å². The van der Waals surface area contributed by atoms with Gasteiger partial charge in [-0.1, -0.05) is 0 Å². The number of nitrogens with zero attached hydrogens (tertiary/aromatic N) is 1. The monoisotopic (exact) mass is 386 g/mol. The van der Waals surface area contributed by atoms with Crippen molar-refractivity contribution in [2.45, 2.75) is 6.92 Å². The Balaban J connectivity index is 2.32. The van der Waals surface area contributed by atoms with Crippen molar-refractivity contribution in [3.63, 3.8) is 0 Å². The van der Waals surface area contributed by atoms with Crippen LogP contribution in [0, 0.1) is 5.82 Å². The number of hydrogen-bond donors (Lipinski definition) is 3. The molecule has 3 N–H and O–H groups in total. The third-order valence-electron chi connectivity index (χ3n) is 3.96. The van der Waals surface area contributed by atoms with Crippen LogP contribution in [0.2, 0.25) is 0 Å². The van der Waals surface area contributed by atoms with Crippen molar-refractivity contribution in [2.24, 2.45) is 0 Å². The fourth-order valence-corrected chi connectivity index (χ4v) is 2.83. The van der Waals surface area contributed by atoms with Crippen molar-refractivity contribution < 1.29 is 28.9 Å². The molecule has 8 nitrogen and oxygen atoms in total.